The van der Waals surface area contributed by atoms with E-state index in [2.05, 4.69) is 9.69 Å². The Morgan fingerprint density at radius 1 is 1.42 bits per heavy atom. The molecule has 130 valence electrons. The molecule has 8 heteroatoms. The van der Waals surface area contributed by atoms with Crippen LogP contribution in [0.2, 0.25) is 0 Å². The highest BCUT2D eigenvalue weighted by Crippen LogP contribution is 2.43. The van der Waals surface area contributed by atoms with Gasteiger partial charge in [0.25, 0.3) is 5.91 Å². The maximum atomic E-state index is 13.4. The minimum absolute atomic E-state index is 0.102. The molecule has 4 rings (SSSR count). The van der Waals surface area contributed by atoms with Crippen LogP contribution in [0.4, 0.5) is 4.39 Å². The van der Waals surface area contributed by atoms with Gasteiger partial charge >= 0.3 is 0 Å². The molecule has 1 aromatic rings. The molecule has 3 atom stereocenters. The third-order valence-corrected chi connectivity index (χ3v) is 5.89. The molecule has 2 amide bonds. The van der Waals surface area contributed by atoms with Crippen LogP contribution in [0.25, 0.3) is 0 Å². The molecule has 24 heavy (non-hydrogen) atoms. The standard InChI is InChI=1S/C16H20FN3O3S/c17-12-7-11(12)15(22)20-9-10(8-16(20)2-4-23-5-3-16)18-14(21)13-1-6-24-19-13/h1,6,10-12H,2-5,7-9H2,(H,18,21). The Hall–Kier alpha value is -1.54. The van der Waals surface area contributed by atoms with Gasteiger partial charge in [0.15, 0.2) is 0 Å². The third-order valence-electron chi connectivity index (χ3n) is 5.33. The second kappa shape index (κ2) is 6.07. The minimum Gasteiger partial charge on any atom is -0.381 e. The van der Waals surface area contributed by atoms with Crippen molar-refractivity contribution in [1.82, 2.24) is 14.6 Å². The van der Waals surface area contributed by atoms with E-state index in [0.717, 1.165) is 12.8 Å². The highest BCUT2D eigenvalue weighted by Gasteiger charge is 2.54. The lowest BCUT2D eigenvalue weighted by Gasteiger charge is -2.41. The first-order chi connectivity index (χ1) is 11.6. The average Bonchev–Trinajstić information content (AvgIpc) is 3.00. The Bertz CT molecular complexity index is 633. The number of nitrogens with zero attached hydrogens (tertiary/aromatic N) is 2. The fourth-order valence-corrected chi connectivity index (χ4v) is 4.41. The number of carbonyl (C=O) groups is 2. The Balaban J connectivity index is 1.49. The number of halogens is 1. The predicted octanol–water partition coefficient (Wildman–Crippen LogP) is 1.38. The molecule has 3 heterocycles. The van der Waals surface area contributed by atoms with Crippen LogP contribution in [0.5, 0.6) is 0 Å². The number of hydrogen-bond acceptors (Lipinski definition) is 5. The van der Waals surface area contributed by atoms with Gasteiger partial charge in [-0.1, -0.05) is 0 Å². The molecule has 0 bridgehead atoms. The lowest BCUT2D eigenvalue weighted by atomic mass is 9.86. The normalized spacial score (nSPS) is 31.2. The molecule has 1 spiro atoms. The lowest BCUT2D eigenvalue weighted by Crippen LogP contribution is -2.51. The summed E-state index contributed by atoms with van der Waals surface area (Å²) < 4.78 is 22.9. The highest BCUT2D eigenvalue weighted by atomic mass is 32.1. The number of rotatable bonds is 3. The van der Waals surface area contributed by atoms with Gasteiger partial charge in [0.2, 0.25) is 5.91 Å². The Morgan fingerprint density at radius 3 is 2.79 bits per heavy atom. The first-order valence-corrected chi connectivity index (χ1v) is 9.17. The number of alkyl halides is 1. The number of amides is 2. The highest BCUT2D eigenvalue weighted by molar-refractivity contribution is 7.03. The Labute approximate surface area is 143 Å². The number of ether oxygens (including phenoxy) is 1. The molecule has 2 saturated heterocycles. The second-order valence-electron chi connectivity index (χ2n) is 6.90. The van der Waals surface area contributed by atoms with Crippen molar-refractivity contribution in [2.24, 2.45) is 5.92 Å². The second-order valence-corrected chi connectivity index (χ2v) is 7.57. The molecule has 3 aliphatic rings. The SMILES string of the molecule is O=C(NC1CN(C(=O)C2CC2F)C2(CCOCC2)C1)c1ccsn1. The molecule has 6 nitrogen and oxygen atoms in total. The van der Waals surface area contributed by atoms with Gasteiger partial charge in [-0.2, -0.15) is 4.37 Å². The average molecular weight is 353 g/mol. The topological polar surface area (TPSA) is 71.5 Å². The molecular weight excluding hydrogens is 333 g/mol. The molecule has 1 aromatic heterocycles. The molecule has 3 fully saturated rings. The van der Waals surface area contributed by atoms with Crippen LogP contribution >= 0.6 is 11.5 Å². The number of aromatic nitrogens is 1. The van der Waals surface area contributed by atoms with Crippen LogP contribution in [0, 0.1) is 5.92 Å². The summed E-state index contributed by atoms with van der Waals surface area (Å²) in [5.41, 5.74) is 0.0920. The number of carbonyl (C=O) groups excluding carboxylic acids is 2. The molecule has 1 N–H and O–H groups in total. The summed E-state index contributed by atoms with van der Waals surface area (Å²) in [5, 5.41) is 4.74. The van der Waals surface area contributed by atoms with Crippen molar-refractivity contribution in [2.75, 3.05) is 19.8 Å². The quantitative estimate of drug-likeness (QED) is 0.891. The van der Waals surface area contributed by atoms with Gasteiger partial charge in [0, 0.05) is 36.7 Å². The van der Waals surface area contributed by atoms with Crippen molar-refractivity contribution in [3.8, 4) is 0 Å². The van der Waals surface area contributed by atoms with Crippen molar-refractivity contribution in [1.29, 1.82) is 0 Å². The summed E-state index contributed by atoms with van der Waals surface area (Å²) in [6, 6.07) is 1.55. The van der Waals surface area contributed by atoms with Crippen molar-refractivity contribution < 1.29 is 18.7 Å². The molecule has 2 aliphatic heterocycles. The molecule has 0 radical (unpaired) electrons. The number of likely N-dealkylation sites (tertiary alicyclic amines) is 1. The van der Waals surface area contributed by atoms with E-state index >= 15 is 0 Å². The maximum Gasteiger partial charge on any atom is 0.271 e. The number of hydrogen-bond donors (Lipinski definition) is 1. The van der Waals surface area contributed by atoms with Crippen molar-refractivity contribution >= 4 is 23.3 Å². The summed E-state index contributed by atoms with van der Waals surface area (Å²) in [5.74, 6) is -0.805. The van der Waals surface area contributed by atoms with Crippen LogP contribution in [0.1, 0.15) is 36.2 Å². The minimum atomic E-state index is -1.00. The Morgan fingerprint density at radius 2 is 2.17 bits per heavy atom. The Kier molecular flexibility index (Phi) is 4.04. The lowest BCUT2D eigenvalue weighted by molar-refractivity contribution is -0.140. The van der Waals surface area contributed by atoms with Crippen LogP contribution in [0.15, 0.2) is 11.4 Å². The van der Waals surface area contributed by atoms with Crippen LogP contribution in [0.3, 0.4) is 0 Å². The van der Waals surface area contributed by atoms with E-state index in [1.807, 2.05) is 4.90 Å². The first-order valence-electron chi connectivity index (χ1n) is 8.34. The van der Waals surface area contributed by atoms with Gasteiger partial charge in [-0.15, -0.1) is 0 Å². The smallest absolute Gasteiger partial charge is 0.271 e. The van der Waals surface area contributed by atoms with E-state index in [4.69, 9.17) is 4.74 Å². The fourth-order valence-electron chi connectivity index (χ4n) is 3.90. The third kappa shape index (κ3) is 2.82. The summed E-state index contributed by atoms with van der Waals surface area (Å²) in [4.78, 5) is 26.8. The zero-order valence-electron chi connectivity index (χ0n) is 13.2. The van der Waals surface area contributed by atoms with Crippen LogP contribution in [-0.2, 0) is 9.53 Å². The van der Waals surface area contributed by atoms with Crippen LogP contribution in [-0.4, -0.2) is 58.6 Å². The van der Waals surface area contributed by atoms with E-state index in [1.54, 1.807) is 11.4 Å². The summed E-state index contributed by atoms with van der Waals surface area (Å²) in [6.07, 6.45) is 1.51. The van der Waals surface area contributed by atoms with Gasteiger partial charge in [-0.25, -0.2) is 4.39 Å². The largest absolute Gasteiger partial charge is 0.381 e. The van der Waals surface area contributed by atoms with Crippen molar-refractivity contribution in [3.05, 3.63) is 17.1 Å². The van der Waals surface area contributed by atoms with Gasteiger partial charge in [-0.05, 0) is 43.3 Å². The molecule has 1 saturated carbocycles. The molecular formula is C16H20FN3O3S. The zero-order valence-corrected chi connectivity index (χ0v) is 14.1. The fraction of sp³-hybridized carbons (Fsp3) is 0.688. The van der Waals surface area contributed by atoms with E-state index in [-0.39, 0.29) is 23.4 Å². The number of nitrogens with one attached hydrogen (secondary N) is 1. The summed E-state index contributed by atoms with van der Waals surface area (Å²) in [6.45, 7) is 1.64. The molecule has 0 aromatic carbocycles. The van der Waals surface area contributed by atoms with E-state index in [9.17, 15) is 14.0 Å². The van der Waals surface area contributed by atoms with Crippen molar-refractivity contribution in [2.45, 2.75) is 43.4 Å². The molecule has 1 aliphatic carbocycles. The monoisotopic (exact) mass is 353 g/mol. The maximum absolute atomic E-state index is 13.4. The van der Waals surface area contributed by atoms with Gasteiger partial charge < -0.3 is 15.0 Å². The van der Waals surface area contributed by atoms with E-state index in [1.165, 1.54) is 11.5 Å². The zero-order chi connectivity index (χ0) is 16.7. The van der Waals surface area contributed by atoms with Crippen LogP contribution < -0.4 is 5.32 Å². The van der Waals surface area contributed by atoms with Gasteiger partial charge in [0.1, 0.15) is 11.9 Å². The van der Waals surface area contributed by atoms with E-state index in [0.29, 0.717) is 38.3 Å². The van der Waals surface area contributed by atoms with Gasteiger partial charge in [0.05, 0.1) is 5.92 Å². The predicted molar refractivity (Wildman–Crippen MR) is 85.5 cm³/mol. The van der Waals surface area contributed by atoms with Crippen molar-refractivity contribution in [3.63, 3.8) is 0 Å². The van der Waals surface area contributed by atoms with E-state index < -0.39 is 12.1 Å². The van der Waals surface area contributed by atoms with Gasteiger partial charge in [-0.3, -0.25) is 9.59 Å². The summed E-state index contributed by atoms with van der Waals surface area (Å²) >= 11 is 1.23. The summed E-state index contributed by atoms with van der Waals surface area (Å²) in [7, 11) is 0. The first kappa shape index (κ1) is 16.0. The molecule has 3 unspecified atom stereocenters.